The Labute approximate surface area is 107 Å². The standard InChI is InChI=1S/C9H7NO5.C2H4O2/c11-7-9(14)15-6-3-4(8(12)13)1-2-5(6)10-7;1-2(3)4/h1-3,9,14H,(H,10,11)(H,12,13);1H3,(H,3,4). The summed E-state index contributed by atoms with van der Waals surface area (Å²) in [6.07, 6.45) is -1.60. The molecule has 0 aromatic heterocycles. The summed E-state index contributed by atoms with van der Waals surface area (Å²) in [6.45, 7) is 1.08. The summed E-state index contributed by atoms with van der Waals surface area (Å²) < 4.78 is 4.82. The number of nitrogens with one attached hydrogen (secondary N) is 1. The largest absolute Gasteiger partial charge is 0.481 e. The van der Waals surface area contributed by atoms with E-state index in [1.165, 1.54) is 18.2 Å². The summed E-state index contributed by atoms with van der Waals surface area (Å²) in [4.78, 5) is 30.6. The third kappa shape index (κ3) is 3.96. The zero-order valence-electron chi connectivity index (χ0n) is 9.78. The number of aliphatic hydroxyl groups excluding tert-OH is 1. The molecule has 0 saturated carbocycles. The van der Waals surface area contributed by atoms with E-state index in [0.29, 0.717) is 5.69 Å². The molecule has 8 nitrogen and oxygen atoms in total. The van der Waals surface area contributed by atoms with Gasteiger partial charge in [0.15, 0.2) is 0 Å². The number of rotatable bonds is 1. The van der Waals surface area contributed by atoms with Gasteiger partial charge in [-0.25, -0.2) is 4.79 Å². The lowest BCUT2D eigenvalue weighted by molar-refractivity contribution is -0.139. The van der Waals surface area contributed by atoms with Gasteiger partial charge in [-0.15, -0.1) is 0 Å². The molecule has 1 aliphatic heterocycles. The first kappa shape index (κ1) is 14.5. The Kier molecular flexibility index (Phi) is 4.43. The number of aliphatic hydroxyl groups is 1. The first-order valence-electron chi connectivity index (χ1n) is 5.03. The molecular formula is C11H11NO7. The highest BCUT2D eigenvalue weighted by Crippen LogP contribution is 2.29. The average molecular weight is 269 g/mol. The molecular weight excluding hydrogens is 258 g/mol. The minimum atomic E-state index is -1.60. The van der Waals surface area contributed by atoms with Crippen LogP contribution in [0.15, 0.2) is 18.2 Å². The Hall–Kier alpha value is -2.61. The van der Waals surface area contributed by atoms with Crippen LogP contribution in [0.4, 0.5) is 5.69 Å². The number of hydrogen-bond donors (Lipinski definition) is 4. The fourth-order valence-electron chi connectivity index (χ4n) is 1.22. The van der Waals surface area contributed by atoms with Crippen molar-refractivity contribution in [2.45, 2.75) is 13.2 Å². The van der Waals surface area contributed by atoms with Crippen molar-refractivity contribution in [2.24, 2.45) is 0 Å². The van der Waals surface area contributed by atoms with E-state index < -0.39 is 24.1 Å². The number of aliphatic carboxylic acids is 1. The highest BCUT2D eigenvalue weighted by Gasteiger charge is 2.25. The Morgan fingerprint density at radius 2 is 1.89 bits per heavy atom. The normalized spacial score (nSPS) is 16.1. The number of carboxylic acid groups (broad SMARTS) is 2. The third-order valence-electron chi connectivity index (χ3n) is 1.95. The molecule has 19 heavy (non-hydrogen) atoms. The minimum absolute atomic E-state index is 0.0251. The zero-order chi connectivity index (χ0) is 14.6. The Bertz CT molecular complexity index is 522. The van der Waals surface area contributed by atoms with E-state index in [0.717, 1.165) is 6.92 Å². The smallest absolute Gasteiger partial charge is 0.335 e. The molecule has 1 amide bonds. The van der Waals surface area contributed by atoms with Crippen molar-refractivity contribution in [1.29, 1.82) is 0 Å². The van der Waals surface area contributed by atoms with Gasteiger partial charge in [-0.1, -0.05) is 0 Å². The summed E-state index contributed by atoms with van der Waals surface area (Å²) in [5.74, 6) is -2.47. The number of carbonyl (C=O) groups excluding carboxylic acids is 1. The average Bonchev–Trinajstić information content (AvgIpc) is 2.29. The van der Waals surface area contributed by atoms with E-state index in [2.05, 4.69) is 5.32 Å². The number of anilines is 1. The van der Waals surface area contributed by atoms with E-state index in [-0.39, 0.29) is 11.3 Å². The van der Waals surface area contributed by atoms with Crippen LogP contribution in [0.1, 0.15) is 17.3 Å². The quantitative estimate of drug-likeness (QED) is 0.569. The Balaban J connectivity index is 0.000000399. The van der Waals surface area contributed by atoms with Crippen LogP contribution in [0.2, 0.25) is 0 Å². The maximum absolute atomic E-state index is 11.0. The summed E-state index contributed by atoms with van der Waals surface area (Å²) >= 11 is 0. The molecule has 1 aromatic rings. The number of aromatic carboxylic acids is 1. The summed E-state index contributed by atoms with van der Waals surface area (Å²) in [6, 6.07) is 3.98. The number of carbonyl (C=O) groups is 3. The van der Waals surface area contributed by atoms with Crippen LogP contribution in [0.5, 0.6) is 5.75 Å². The van der Waals surface area contributed by atoms with Crippen molar-refractivity contribution in [3.05, 3.63) is 23.8 Å². The topological polar surface area (TPSA) is 133 Å². The number of fused-ring (bicyclic) bond motifs is 1. The number of ether oxygens (including phenoxy) is 1. The minimum Gasteiger partial charge on any atom is -0.481 e. The van der Waals surface area contributed by atoms with Gasteiger partial charge in [-0.05, 0) is 18.2 Å². The fraction of sp³-hybridized carbons (Fsp3) is 0.182. The van der Waals surface area contributed by atoms with Gasteiger partial charge in [-0.3, -0.25) is 9.59 Å². The van der Waals surface area contributed by atoms with Gasteiger partial charge in [0.25, 0.3) is 18.2 Å². The fourth-order valence-corrected chi connectivity index (χ4v) is 1.22. The Morgan fingerprint density at radius 3 is 2.42 bits per heavy atom. The molecule has 0 bridgehead atoms. The molecule has 1 unspecified atom stereocenters. The monoisotopic (exact) mass is 269 g/mol. The maximum Gasteiger partial charge on any atom is 0.335 e. The number of amides is 1. The molecule has 0 fully saturated rings. The van der Waals surface area contributed by atoms with Gasteiger partial charge in [0, 0.05) is 6.92 Å². The van der Waals surface area contributed by atoms with Crippen molar-refractivity contribution < 1.29 is 34.4 Å². The van der Waals surface area contributed by atoms with Crippen LogP contribution >= 0.6 is 0 Å². The van der Waals surface area contributed by atoms with Crippen molar-refractivity contribution in [1.82, 2.24) is 0 Å². The second-order valence-corrected chi connectivity index (χ2v) is 3.49. The van der Waals surface area contributed by atoms with Crippen LogP contribution < -0.4 is 10.1 Å². The van der Waals surface area contributed by atoms with Crippen LogP contribution in [-0.4, -0.2) is 39.5 Å². The van der Waals surface area contributed by atoms with Gasteiger partial charge >= 0.3 is 5.97 Å². The number of hydrogen-bond acceptors (Lipinski definition) is 5. The summed E-state index contributed by atoms with van der Waals surface area (Å²) in [5, 5.41) is 27.6. The van der Waals surface area contributed by atoms with E-state index in [9.17, 15) is 9.59 Å². The van der Waals surface area contributed by atoms with E-state index in [1.807, 2.05) is 0 Å². The molecule has 0 radical (unpaired) electrons. The first-order chi connectivity index (χ1) is 8.81. The number of benzene rings is 1. The molecule has 4 N–H and O–H groups in total. The van der Waals surface area contributed by atoms with Crippen molar-refractivity contribution in [3.63, 3.8) is 0 Å². The molecule has 102 valence electrons. The van der Waals surface area contributed by atoms with Crippen molar-refractivity contribution >= 4 is 23.5 Å². The summed E-state index contributed by atoms with van der Waals surface area (Å²) in [7, 11) is 0. The molecule has 1 heterocycles. The lowest BCUT2D eigenvalue weighted by atomic mass is 10.1. The van der Waals surface area contributed by atoms with Crippen molar-refractivity contribution in [3.8, 4) is 5.75 Å². The molecule has 0 aliphatic carbocycles. The first-order valence-corrected chi connectivity index (χ1v) is 5.03. The van der Waals surface area contributed by atoms with Crippen molar-refractivity contribution in [2.75, 3.05) is 5.32 Å². The molecule has 1 aliphatic rings. The number of carboxylic acids is 2. The van der Waals surface area contributed by atoms with Gasteiger partial charge in [0.1, 0.15) is 5.75 Å². The molecule has 0 saturated heterocycles. The summed E-state index contributed by atoms with van der Waals surface area (Å²) in [5.41, 5.74) is 0.368. The van der Waals surface area contributed by atoms with Crippen LogP contribution in [0.3, 0.4) is 0 Å². The lowest BCUT2D eigenvalue weighted by Crippen LogP contribution is -2.36. The molecule has 1 aromatic carbocycles. The SMILES string of the molecule is CC(=O)O.O=C(O)c1ccc2c(c1)OC(O)C(=O)N2. The predicted octanol–water partition coefficient (Wildman–Crippen LogP) is 0.125. The zero-order valence-corrected chi connectivity index (χ0v) is 9.78. The second kappa shape index (κ2) is 5.83. The lowest BCUT2D eigenvalue weighted by Gasteiger charge is -2.22. The molecule has 2 rings (SSSR count). The van der Waals surface area contributed by atoms with E-state index in [4.69, 9.17) is 24.9 Å². The van der Waals surface area contributed by atoms with Crippen LogP contribution in [0.25, 0.3) is 0 Å². The predicted molar refractivity (Wildman–Crippen MR) is 62.0 cm³/mol. The third-order valence-corrected chi connectivity index (χ3v) is 1.95. The van der Waals surface area contributed by atoms with Crippen LogP contribution in [0, 0.1) is 0 Å². The second-order valence-electron chi connectivity index (χ2n) is 3.49. The highest BCUT2D eigenvalue weighted by atomic mass is 16.6. The van der Waals surface area contributed by atoms with Gasteiger partial charge < -0.3 is 25.4 Å². The Morgan fingerprint density at radius 1 is 1.32 bits per heavy atom. The maximum atomic E-state index is 11.0. The van der Waals surface area contributed by atoms with Crippen LogP contribution in [-0.2, 0) is 9.59 Å². The van der Waals surface area contributed by atoms with Gasteiger partial charge in [-0.2, -0.15) is 0 Å². The van der Waals surface area contributed by atoms with E-state index in [1.54, 1.807) is 0 Å². The molecule has 8 heteroatoms. The highest BCUT2D eigenvalue weighted by molar-refractivity contribution is 5.98. The van der Waals surface area contributed by atoms with Gasteiger partial charge in [0.2, 0.25) is 0 Å². The van der Waals surface area contributed by atoms with Gasteiger partial charge in [0.05, 0.1) is 11.3 Å². The van der Waals surface area contributed by atoms with E-state index >= 15 is 0 Å². The molecule has 0 spiro atoms. The molecule has 1 atom stereocenters.